The molecule has 0 saturated carbocycles. The van der Waals surface area contributed by atoms with Crippen LogP contribution in [0.1, 0.15) is 19.0 Å². The van der Waals surface area contributed by atoms with Gasteiger partial charge in [0.25, 0.3) is 0 Å². The number of aliphatic carboxylic acids is 1. The van der Waals surface area contributed by atoms with E-state index in [0.717, 1.165) is 0 Å². The molecule has 1 heterocycles. The first-order chi connectivity index (χ1) is 9.38. The van der Waals surface area contributed by atoms with Gasteiger partial charge in [0.2, 0.25) is 5.91 Å². The number of carbonyl (C=O) groups is 3. The number of nitrogens with two attached hydrogens (primary N) is 1. The minimum atomic E-state index is -1.17. The summed E-state index contributed by atoms with van der Waals surface area (Å²) in [5.74, 6) is -1.72. The predicted octanol–water partition coefficient (Wildman–Crippen LogP) is -1.03. The molecular weight excluding hydrogens is 266 g/mol. The van der Waals surface area contributed by atoms with Crippen LogP contribution in [0.25, 0.3) is 0 Å². The highest BCUT2D eigenvalue weighted by Crippen LogP contribution is 1.99. The van der Waals surface area contributed by atoms with Crippen molar-refractivity contribution in [2.24, 2.45) is 5.73 Å². The number of H-pyrrole nitrogens is 1. The van der Waals surface area contributed by atoms with Crippen molar-refractivity contribution in [1.82, 2.24) is 20.6 Å². The molecule has 0 radical (unpaired) electrons. The third-order valence-corrected chi connectivity index (χ3v) is 2.47. The number of primary amides is 1. The summed E-state index contributed by atoms with van der Waals surface area (Å²) < 4.78 is 0. The molecule has 0 aliphatic heterocycles. The summed E-state index contributed by atoms with van der Waals surface area (Å²) >= 11 is 0. The zero-order valence-corrected chi connectivity index (χ0v) is 10.9. The molecular formula is C11H17N5O4. The highest BCUT2D eigenvalue weighted by atomic mass is 16.4. The van der Waals surface area contributed by atoms with Gasteiger partial charge in [-0.2, -0.15) is 0 Å². The van der Waals surface area contributed by atoms with Crippen LogP contribution in [-0.2, 0) is 16.0 Å². The lowest BCUT2D eigenvalue weighted by Crippen LogP contribution is -2.49. The van der Waals surface area contributed by atoms with Gasteiger partial charge < -0.3 is 26.5 Å². The summed E-state index contributed by atoms with van der Waals surface area (Å²) in [5.41, 5.74) is 5.58. The zero-order chi connectivity index (χ0) is 15.1. The largest absolute Gasteiger partial charge is 0.480 e. The van der Waals surface area contributed by atoms with E-state index in [-0.39, 0.29) is 12.8 Å². The molecule has 0 aliphatic rings. The number of hydrogen-bond acceptors (Lipinski definition) is 4. The SMILES string of the molecule is CC(CC(N)=O)NC(=O)N[C@@H](Cc1cnc[nH]1)C(=O)O. The number of amides is 3. The van der Waals surface area contributed by atoms with Gasteiger partial charge in [-0.3, -0.25) is 4.79 Å². The fourth-order valence-corrected chi connectivity index (χ4v) is 1.59. The van der Waals surface area contributed by atoms with E-state index in [4.69, 9.17) is 10.8 Å². The molecule has 1 unspecified atom stereocenters. The van der Waals surface area contributed by atoms with Crippen molar-refractivity contribution in [3.63, 3.8) is 0 Å². The maximum Gasteiger partial charge on any atom is 0.326 e. The minimum Gasteiger partial charge on any atom is -0.480 e. The van der Waals surface area contributed by atoms with E-state index in [0.29, 0.717) is 5.69 Å². The Kier molecular flexibility index (Phi) is 5.51. The predicted molar refractivity (Wildman–Crippen MR) is 68.7 cm³/mol. The number of rotatable bonds is 7. The summed E-state index contributed by atoms with van der Waals surface area (Å²) in [6.07, 6.45) is 2.95. The van der Waals surface area contributed by atoms with E-state index < -0.39 is 30.0 Å². The normalized spacial score (nSPS) is 13.2. The quantitative estimate of drug-likeness (QED) is 0.433. The van der Waals surface area contributed by atoms with Gasteiger partial charge in [-0.05, 0) is 6.92 Å². The topological polar surface area (TPSA) is 150 Å². The molecule has 110 valence electrons. The number of nitrogens with zero attached hydrogens (tertiary/aromatic N) is 1. The van der Waals surface area contributed by atoms with E-state index >= 15 is 0 Å². The number of carboxylic acids is 1. The third kappa shape index (κ3) is 5.38. The molecule has 20 heavy (non-hydrogen) atoms. The van der Waals surface area contributed by atoms with Crippen molar-refractivity contribution in [1.29, 1.82) is 0 Å². The van der Waals surface area contributed by atoms with Crippen LogP contribution in [0.5, 0.6) is 0 Å². The maximum atomic E-state index is 11.6. The smallest absolute Gasteiger partial charge is 0.326 e. The molecule has 0 fully saturated rings. The van der Waals surface area contributed by atoms with Crippen LogP contribution in [0, 0.1) is 0 Å². The highest BCUT2D eigenvalue weighted by Gasteiger charge is 2.21. The number of urea groups is 1. The molecule has 1 aromatic rings. The molecule has 1 aromatic heterocycles. The molecule has 9 nitrogen and oxygen atoms in total. The average Bonchev–Trinajstić information content (AvgIpc) is 2.79. The first kappa shape index (κ1) is 15.5. The molecule has 0 aromatic carbocycles. The third-order valence-electron chi connectivity index (χ3n) is 2.47. The number of imidazole rings is 1. The summed E-state index contributed by atoms with van der Waals surface area (Å²) in [4.78, 5) is 39.9. The van der Waals surface area contributed by atoms with Gasteiger partial charge in [0.05, 0.1) is 6.33 Å². The van der Waals surface area contributed by atoms with E-state index in [2.05, 4.69) is 20.6 Å². The molecule has 0 spiro atoms. The van der Waals surface area contributed by atoms with Crippen LogP contribution in [0.4, 0.5) is 4.79 Å². The molecule has 6 N–H and O–H groups in total. The average molecular weight is 283 g/mol. The lowest BCUT2D eigenvalue weighted by Gasteiger charge is -2.17. The second kappa shape index (κ2) is 7.12. The molecule has 0 bridgehead atoms. The number of carbonyl (C=O) groups excluding carboxylic acids is 2. The molecule has 9 heteroatoms. The number of carboxylic acid groups (broad SMARTS) is 1. The van der Waals surface area contributed by atoms with Gasteiger partial charge >= 0.3 is 12.0 Å². The first-order valence-corrected chi connectivity index (χ1v) is 5.94. The Morgan fingerprint density at radius 2 is 2.15 bits per heavy atom. The fourth-order valence-electron chi connectivity index (χ4n) is 1.59. The Hall–Kier alpha value is -2.58. The summed E-state index contributed by atoms with van der Waals surface area (Å²) in [5, 5.41) is 13.8. The number of nitrogens with one attached hydrogen (secondary N) is 3. The van der Waals surface area contributed by atoms with Crippen molar-refractivity contribution >= 4 is 17.9 Å². The zero-order valence-electron chi connectivity index (χ0n) is 10.9. The van der Waals surface area contributed by atoms with E-state index in [1.165, 1.54) is 12.5 Å². The number of hydrogen-bond donors (Lipinski definition) is 5. The Morgan fingerprint density at radius 1 is 1.45 bits per heavy atom. The lowest BCUT2D eigenvalue weighted by molar-refractivity contribution is -0.139. The number of aromatic nitrogens is 2. The highest BCUT2D eigenvalue weighted by molar-refractivity contribution is 5.83. The maximum absolute atomic E-state index is 11.6. The molecule has 3 amide bonds. The monoisotopic (exact) mass is 283 g/mol. The van der Waals surface area contributed by atoms with Crippen molar-refractivity contribution in [2.45, 2.75) is 31.8 Å². The molecule has 1 rings (SSSR count). The van der Waals surface area contributed by atoms with Crippen molar-refractivity contribution in [3.8, 4) is 0 Å². The first-order valence-electron chi connectivity index (χ1n) is 5.94. The van der Waals surface area contributed by atoms with Gasteiger partial charge in [0.15, 0.2) is 0 Å². The summed E-state index contributed by atoms with van der Waals surface area (Å²) in [6.45, 7) is 1.59. The second-order valence-electron chi connectivity index (χ2n) is 4.36. The molecule has 2 atom stereocenters. The fraction of sp³-hybridized carbons (Fsp3) is 0.455. The van der Waals surface area contributed by atoms with Crippen molar-refractivity contribution in [2.75, 3.05) is 0 Å². The van der Waals surface area contributed by atoms with Crippen LogP contribution in [0.3, 0.4) is 0 Å². The van der Waals surface area contributed by atoms with Crippen LogP contribution >= 0.6 is 0 Å². The summed E-state index contributed by atoms with van der Waals surface area (Å²) in [7, 11) is 0. The van der Waals surface area contributed by atoms with E-state index in [1.54, 1.807) is 6.92 Å². The van der Waals surface area contributed by atoms with Gasteiger partial charge in [-0.15, -0.1) is 0 Å². The Morgan fingerprint density at radius 3 is 2.65 bits per heavy atom. The standard InChI is InChI=1S/C11H17N5O4/c1-6(2-9(12)17)15-11(20)16-8(10(18)19)3-7-4-13-5-14-7/h4-6,8H,2-3H2,1H3,(H2,12,17)(H,13,14)(H,18,19)(H2,15,16,20)/t6?,8-/m0/s1. The van der Waals surface area contributed by atoms with Gasteiger partial charge in [-0.1, -0.05) is 0 Å². The van der Waals surface area contributed by atoms with Crippen LogP contribution in [0.15, 0.2) is 12.5 Å². The Labute approximate surface area is 114 Å². The van der Waals surface area contributed by atoms with Gasteiger partial charge in [-0.25, -0.2) is 14.6 Å². The molecule has 0 aliphatic carbocycles. The van der Waals surface area contributed by atoms with E-state index in [1.807, 2.05) is 0 Å². The van der Waals surface area contributed by atoms with Crippen molar-refractivity contribution in [3.05, 3.63) is 18.2 Å². The van der Waals surface area contributed by atoms with Crippen LogP contribution in [-0.4, -0.2) is 45.1 Å². The lowest BCUT2D eigenvalue weighted by atomic mass is 10.1. The van der Waals surface area contributed by atoms with Crippen LogP contribution < -0.4 is 16.4 Å². The minimum absolute atomic E-state index is 0.0221. The molecule has 0 saturated heterocycles. The van der Waals surface area contributed by atoms with E-state index in [9.17, 15) is 14.4 Å². The van der Waals surface area contributed by atoms with Crippen LogP contribution in [0.2, 0.25) is 0 Å². The Balaban J connectivity index is 2.51. The van der Waals surface area contributed by atoms with Gasteiger partial charge in [0.1, 0.15) is 6.04 Å². The number of aromatic amines is 1. The second-order valence-corrected chi connectivity index (χ2v) is 4.36. The Bertz CT molecular complexity index is 473. The summed E-state index contributed by atoms with van der Waals surface area (Å²) in [6, 6.07) is -2.25. The van der Waals surface area contributed by atoms with Crippen molar-refractivity contribution < 1.29 is 19.5 Å². The van der Waals surface area contributed by atoms with Gasteiger partial charge in [0, 0.05) is 30.8 Å².